The number of carbonyl (C=O) groups is 1. The zero-order chi connectivity index (χ0) is 14.7. The second-order valence-corrected chi connectivity index (χ2v) is 12.3. The van der Waals surface area contributed by atoms with E-state index in [1.54, 1.807) is 0 Å². The summed E-state index contributed by atoms with van der Waals surface area (Å²) in [5, 5.41) is 9.25. The van der Waals surface area contributed by atoms with E-state index in [0.717, 1.165) is 38.7 Å². The summed E-state index contributed by atoms with van der Waals surface area (Å²) < 4.78 is 6.19. The van der Waals surface area contributed by atoms with Crippen LogP contribution in [0.2, 0.25) is 18.1 Å². The van der Waals surface area contributed by atoms with Gasteiger partial charge in [-0.15, -0.1) is 0 Å². The predicted molar refractivity (Wildman–Crippen MR) is 80.8 cm³/mol. The lowest BCUT2D eigenvalue weighted by Gasteiger charge is -2.37. The maximum absolute atomic E-state index is 10.9. The molecule has 0 aromatic rings. The van der Waals surface area contributed by atoms with Gasteiger partial charge in [-0.2, -0.15) is 0 Å². The molecule has 0 aromatic carbocycles. The fraction of sp³-hybridized carbons (Fsp3) is 0.933. The van der Waals surface area contributed by atoms with Gasteiger partial charge >= 0.3 is 5.97 Å². The molecule has 0 atom stereocenters. The van der Waals surface area contributed by atoms with Crippen molar-refractivity contribution < 1.29 is 14.3 Å². The van der Waals surface area contributed by atoms with E-state index in [-0.39, 0.29) is 11.0 Å². The van der Waals surface area contributed by atoms with Gasteiger partial charge in [-0.1, -0.05) is 20.8 Å². The van der Waals surface area contributed by atoms with Gasteiger partial charge in [-0.3, -0.25) is 4.79 Å². The van der Waals surface area contributed by atoms with Crippen molar-refractivity contribution in [1.29, 1.82) is 0 Å². The third kappa shape index (κ3) is 4.92. The monoisotopic (exact) mass is 286 g/mol. The molecule has 0 aromatic heterocycles. The van der Waals surface area contributed by atoms with Crippen molar-refractivity contribution in [3.63, 3.8) is 0 Å². The minimum atomic E-state index is -1.61. The first-order valence-corrected chi connectivity index (χ1v) is 10.4. The molecule has 0 saturated heterocycles. The second kappa shape index (κ2) is 6.40. The van der Waals surface area contributed by atoms with Crippen LogP contribution in [0.25, 0.3) is 0 Å². The summed E-state index contributed by atoms with van der Waals surface area (Å²) in [6, 6.07) is 0. The lowest BCUT2D eigenvalue weighted by molar-refractivity contribution is -0.143. The molecule has 0 spiro atoms. The van der Waals surface area contributed by atoms with Crippen LogP contribution in [0.15, 0.2) is 0 Å². The predicted octanol–water partition coefficient (Wildman–Crippen LogP) is 4.29. The van der Waals surface area contributed by atoms with Crippen LogP contribution < -0.4 is 0 Å². The quantitative estimate of drug-likeness (QED) is 0.767. The molecular formula is C15H30O3Si. The van der Waals surface area contributed by atoms with Crippen molar-refractivity contribution >= 4 is 14.3 Å². The largest absolute Gasteiger partial charge is 0.481 e. The highest BCUT2D eigenvalue weighted by atomic mass is 28.4. The van der Waals surface area contributed by atoms with Crippen molar-refractivity contribution in [3.8, 4) is 0 Å². The maximum atomic E-state index is 10.9. The normalized spacial score (nSPS) is 25.3. The van der Waals surface area contributed by atoms with Gasteiger partial charge in [0.25, 0.3) is 0 Å². The molecule has 1 fully saturated rings. The molecule has 1 aliphatic rings. The first kappa shape index (κ1) is 16.7. The van der Waals surface area contributed by atoms with Gasteiger partial charge in [0.15, 0.2) is 8.32 Å². The number of carboxylic acid groups (broad SMARTS) is 1. The number of aliphatic carboxylic acids is 1. The van der Waals surface area contributed by atoms with Crippen LogP contribution in [-0.4, -0.2) is 26.0 Å². The number of hydrogen-bond donors (Lipinski definition) is 1. The van der Waals surface area contributed by atoms with E-state index in [0.29, 0.717) is 5.92 Å². The Morgan fingerprint density at radius 2 is 1.74 bits per heavy atom. The van der Waals surface area contributed by atoms with Crippen LogP contribution >= 0.6 is 0 Å². The Morgan fingerprint density at radius 3 is 2.16 bits per heavy atom. The van der Waals surface area contributed by atoms with Gasteiger partial charge in [0.05, 0.1) is 5.92 Å². The van der Waals surface area contributed by atoms with Gasteiger partial charge in [0, 0.05) is 6.61 Å². The lowest BCUT2D eigenvalue weighted by atomic mass is 9.81. The molecule has 4 heteroatoms. The van der Waals surface area contributed by atoms with E-state index in [4.69, 9.17) is 9.53 Å². The molecule has 112 valence electrons. The van der Waals surface area contributed by atoms with Crippen molar-refractivity contribution in [2.45, 2.75) is 71.0 Å². The van der Waals surface area contributed by atoms with Crippen LogP contribution in [-0.2, 0) is 9.22 Å². The first-order valence-electron chi connectivity index (χ1n) is 7.50. The lowest BCUT2D eigenvalue weighted by Crippen LogP contribution is -2.41. The first-order chi connectivity index (χ1) is 8.63. The minimum Gasteiger partial charge on any atom is -0.481 e. The fourth-order valence-electron chi connectivity index (χ4n) is 2.40. The Kier molecular flexibility index (Phi) is 5.62. The summed E-state index contributed by atoms with van der Waals surface area (Å²) in [5.74, 6) is -0.0473. The highest BCUT2D eigenvalue weighted by Crippen LogP contribution is 2.37. The Morgan fingerprint density at radius 1 is 1.21 bits per heavy atom. The molecule has 0 aliphatic heterocycles. The second-order valence-electron chi connectivity index (χ2n) is 7.45. The van der Waals surface area contributed by atoms with Crippen LogP contribution in [0, 0.1) is 11.8 Å². The molecule has 19 heavy (non-hydrogen) atoms. The van der Waals surface area contributed by atoms with Crippen molar-refractivity contribution in [2.75, 3.05) is 6.61 Å². The van der Waals surface area contributed by atoms with Gasteiger partial charge in [-0.25, -0.2) is 0 Å². The summed E-state index contributed by atoms with van der Waals surface area (Å²) in [6.45, 7) is 12.2. The molecule has 0 unspecified atom stereocenters. The van der Waals surface area contributed by atoms with Crippen LogP contribution in [0.3, 0.4) is 0 Å². The Bertz CT molecular complexity index is 299. The van der Waals surface area contributed by atoms with Crippen molar-refractivity contribution in [3.05, 3.63) is 0 Å². The van der Waals surface area contributed by atoms with E-state index < -0.39 is 14.3 Å². The van der Waals surface area contributed by atoms with Gasteiger partial charge < -0.3 is 9.53 Å². The molecular weight excluding hydrogens is 256 g/mol. The fourth-order valence-corrected chi connectivity index (χ4v) is 3.46. The number of carboxylic acids is 1. The zero-order valence-corrected chi connectivity index (χ0v) is 14.2. The molecule has 1 rings (SSSR count). The number of rotatable bonds is 5. The third-order valence-corrected chi connectivity index (χ3v) is 9.53. The zero-order valence-electron chi connectivity index (χ0n) is 13.2. The highest BCUT2D eigenvalue weighted by Gasteiger charge is 2.37. The maximum Gasteiger partial charge on any atom is 0.306 e. The topological polar surface area (TPSA) is 46.5 Å². The summed E-state index contributed by atoms with van der Waals surface area (Å²) in [6.07, 6.45) is 4.90. The van der Waals surface area contributed by atoms with E-state index >= 15 is 0 Å². The van der Waals surface area contributed by atoms with Crippen LogP contribution in [0.1, 0.15) is 52.9 Å². The summed E-state index contributed by atoms with van der Waals surface area (Å²) >= 11 is 0. The van der Waals surface area contributed by atoms with Crippen LogP contribution in [0.4, 0.5) is 0 Å². The summed E-state index contributed by atoms with van der Waals surface area (Å²) in [5.41, 5.74) is 0. The summed E-state index contributed by atoms with van der Waals surface area (Å²) in [7, 11) is -1.61. The molecule has 0 heterocycles. The van der Waals surface area contributed by atoms with Gasteiger partial charge in [0.1, 0.15) is 0 Å². The summed E-state index contributed by atoms with van der Waals surface area (Å²) in [4.78, 5) is 10.9. The third-order valence-electron chi connectivity index (χ3n) is 4.99. The Labute approximate surface area is 118 Å². The van der Waals surface area contributed by atoms with Crippen molar-refractivity contribution in [1.82, 2.24) is 0 Å². The highest BCUT2D eigenvalue weighted by molar-refractivity contribution is 6.74. The average molecular weight is 286 g/mol. The van der Waals surface area contributed by atoms with E-state index in [1.807, 2.05) is 0 Å². The smallest absolute Gasteiger partial charge is 0.306 e. The minimum absolute atomic E-state index is 0.0995. The van der Waals surface area contributed by atoms with E-state index in [2.05, 4.69) is 33.9 Å². The van der Waals surface area contributed by atoms with E-state index in [9.17, 15) is 4.79 Å². The number of hydrogen-bond acceptors (Lipinski definition) is 2. The molecule has 3 nitrogen and oxygen atoms in total. The molecule has 0 radical (unpaired) electrons. The average Bonchev–Trinajstić information content (AvgIpc) is 2.28. The Balaban J connectivity index is 2.27. The molecule has 0 amide bonds. The molecule has 1 saturated carbocycles. The molecule has 0 bridgehead atoms. The van der Waals surface area contributed by atoms with Crippen molar-refractivity contribution in [2.24, 2.45) is 11.8 Å². The Hall–Kier alpha value is -0.353. The van der Waals surface area contributed by atoms with E-state index in [1.165, 1.54) is 0 Å². The standard InChI is InChI=1S/C15H30O3Si/c1-15(2,3)19(4,5)18-11-10-12-6-8-13(9-7-12)14(16)17/h12-13H,6-11H2,1-5H3,(H,16,17). The molecule has 1 N–H and O–H groups in total. The van der Waals surface area contributed by atoms with Gasteiger partial charge in [0.2, 0.25) is 0 Å². The molecule has 1 aliphatic carbocycles. The SMILES string of the molecule is CC(C)(C)[Si](C)(C)OCCC1CCC(C(=O)O)CC1. The van der Waals surface area contributed by atoms with Crippen LogP contribution in [0.5, 0.6) is 0 Å². The van der Waals surface area contributed by atoms with Gasteiger partial charge in [-0.05, 0) is 56.2 Å².